The van der Waals surface area contributed by atoms with Gasteiger partial charge in [-0.15, -0.1) is 0 Å². The molecule has 0 unspecified atom stereocenters. The Hall–Kier alpha value is -1.86. The summed E-state index contributed by atoms with van der Waals surface area (Å²) in [6.07, 6.45) is 4.59. The molecule has 0 N–H and O–H groups in total. The minimum atomic E-state index is -0.325. The molecular formula is C20H30N4O3. The quantitative estimate of drug-likeness (QED) is 0.583. The van der Waals surface area contributed by atoms with Gasteiger partial charge in [-0.2, -0.15) is 0 Å². The van der Waals surface area contributed by atoms with E-state index in [0.29, 0.717) is 17.7 Å². The molecule has 7 heteroatoms. The minimum Gasteiger partial charge on any atom is -0.490 e. The number of anilines is 1. The molecule has 1 aromatic rings. The smallest absolute Gasteiger partial charge is 0.311 e. The van der Waals surface area contributed by atoms with Gasteiger partial charge in [0.1, 0.15) is 0 Å². The van der Waals surface area contributed by atoms with Gasteiger partial charge in [0.25, 0.3) is 0 Å². The zero-order valence-electron chi connectivity index (χ0n) is 16.4. The van der Waals surface area contributed by atoms with Crippen molar-refractivity contribution in [1.29, 1.82) is 0 Å². The van der Waals surface area contributed by atoms with Crippen LogP contribution in [0.25, 0.3) is 0 Å². The maximum atomic E-state index is 11.4. The summed E-state index contributed by atoms with van der Waals surface area (Å²) in [5, 5.41) is 11.4. The number of rotatable bonds is 5. The molecule has 1 saturated carbocycles. The summed E-state index contributed by atoms with van der Waals surface area (Å²) >= 11 is 0. The maximum Gasteiger partial charge on any atom is 0.311 e. The third kappa shape index (κ3) is 3.89. The van der Waals surface area contributed by atoms with Crippen LogP contribution in [-0.4, -0.2) is 74.2 Å². The van der Waals surface area contributed by atoms with Crippen LogP contribution < -0.4 is 9.64 Å². The number of nitro groups is 1. The van der Waals surface area contributed by atoms with Gasteiger partial charge in [0.05, 0.1) is 12.0 Å². The SMILES string of the molecule is COc1cc(N2CCC(N3CCN(C)CC3)CC2)c(C2CC2)cc1[N+](=O)[O-]. The lowest BCUT2D eigenvalue weighted by Crippen LogP contribution is -2.52. The van der Waals surface area contributed by atoms with E-state index in [1.165, 1.54) is 20.2 Å². The fraction of sp³-hybridized carbons (Fsp3) is 0.700. The van der Waals surface area contributed by atoms with Crippen LogP contribution in [0.4, 0.5) is 11.4 Å². The second-order valence-corrected chi connectivity index (χ2v) is 8.17. The zero-order chi connectivity index (χ0) is 19.0. The van der Waals surface area contributed by atoms with E-state index >= 15 is 0 Å². The average molecular weight is 374 g/mol. The molecule has 0 atom stereocenters. The third-order valence-electron chi connectivity index (χ3n) is 6.40. The van der Waals surface area contributed by atoms with Crippen LogP contribution in [0.2, 0.25) is 0 Å². The largest absolute Gasteiger partial charge is 0.490 e. The van der Waals surface area contributed by atoms with Crippen LogP contribution in [0.3, 0.4) is 0 Å². The molecule has 0 amide bonds. The molecule has 3 aliphatic rings. The van der Waals surface area contributed by atoms with Crippen LogP contribution in [0.15, 0.2) is 12.1 Å². The fourth-order valence-electron chi connectivity index (χ4n) is 4.53. The van der Waals surface area contributed by atoms with Crippen molar-refractivity contribution in [3.8, 4) is 5.75 Å². The van der Waals surface area contributed by atoms with Crippen molar-refractivity contribution in [1.82, 2.24) is 9.80 Å². The van der Waals surface area contributed by atoms with E-state index in [9.17, 15) is 10.1 Å². The molecule has 148 valence electrons. The number of hydrogen-bond acceptors (Lipinski definition) is 6. The number of methoxy groups -OCH3 is 1. The summed E-state index contributed by atoms with van der Waals surface area (Å²) in [6, 6.07) is 4.33. The highest BCUT2D eigenvalue weighted by Gasteiger charge is 2.33. The number of piperazine rings is 1. The Morgan fingerprint density at radius 2 is 1.70 bits per heavy atom. The monoisotopic (exact) mass is 374 g/mol. The normalized spacial score (nSPS) is 22.8. The van der Waals surface area contributed by atoms with Crippen molar-refractivity contribution in [2.24, 2.45) is 0 Å². The van der Waals surface area contributed by atoms with Gasteiger partial charge in [-0.05, 0) is 44.2 Å². The zero-order valence-corrected chi connectivity index (χ0v) is 16.4. The summed E-state index contributed by atoms with van der Waals surface area (Å²) in [6.45, 7) is 6.67. The average Bonchev–Trinajstić information content (AvgIpc) is 3.53. The van der Waals surface area contributed by atoms with Crippen LogP contribution in [0.5, 0.6) is 5.75 Å². The molecule has 0 spiro atoms. The van der Waals surface area contributed by atoms with E-state index in [1.54, 1.807) is 6.07 Å². The number of ether oxygens (including phenoxy) is 1. The predicted octanol–water partition coefficient (Wildman–Crippen LogP) is 2.70. The molecule has 7 nitrogen and oxygen atoms in total. The van der Waals surface area contributed by atoms with E-state index in [1.807, 2.05) is 6.07 Å². The van der Waals surface area contributed by atoms with Crippen molar-refractivity contribution in [2.45, 2.75) is 37.6 Å². The molecule has 2 heterocycles. The fourth-order valence-corrected chi connectivity index (χ4v) is 4.53. The molecule has 1 aliphatic carbocycles. The van der Waals surface area contributed by atoms with E-state index < -0.39 is 0 Å². The Bertz CT molecular complexity index is 691. The molecule has 0 radical (unpaired) electrons. The molecule has 3 fully saturated rings. The standard InChI is InChI=1S/C20H30N4O3/c1-21-9-11-22(12-10-21)16-5-7-23(8-6-16)18-14-20(27-2)19(24(25)26)13-17(18)15-3-4-15/h13-16H,3-12H2,1-2H3. The molecule has 2 aliphatic heterocycles. The highest BCUT2D eigenvalue weighted by Crippen LogP contribution is 2.48. The first-order valence-corrected chi connectivity index (χ1v) is 10.1. The molecule has 4 rings (SSSR count). The van der Waals surface area contributed by atoms with Crippen molar-refractivity contribution < 1.29 is 9.66 Å². The van der Waals surface area contributed by atoms with Crippen molar-refractivity contribution in [3.05, 3.63) is 27.8 Å². The molecule has 27 heavy (non-hydrogen) atoms. The molecule has 0 aromatic heterocycles. The lowest BCUT2D eigenvalue weighted by molar-refractivity contribution is -0.385. The summed E-state index contributed by atoms with van der Waals surface area (Å²) in [4.78, 5) is 18.6. The number of benzene rings is 1. The summed E-state index contributed by atoms with van der Waals surface area (Å²) in [5.41, 5.74) is 2.38. The Morgan fingerprint density at radius 3 is 2.26 bits per heavy atom. The van der Waals surface area contributed by atoms with E-state index in [0.717, 1.165) is 63.1 Å². The molecule has 1 aromatic carbocycles. The highest BCUT2D eigenvalue weighted by molar-refractivity contribution is 5.66. The Balaban J connectivity index is 1.50. The molecule has 2 saturated heterocycles. The minimum absolute atomic E-state index is 0.0930. The summed E-state index contributed by atoms with van der Waals surface area (Å²) in [7, 11) is 3.71. The topological polar surface area (TPSA) is 62.1 Å². The van der Waals surface area contributed by atoms with Crippen molar-refractivity contribution in [2.75, 3.05) is 58.3 Å². The van der Waals surface area contributed by atoms with Gasteiger partial charge in [-0.25, -0.2) is 0 Å². The first-order valence-electron chi connectivity index (χ1n) is 10.1. The van der Waals surface area contributed by atoms with Crippen molar-refractivity contribution in [3.63, 3.8) is 0 Å². The molecule has 0 bridgehead atoms. The van der Waals surface area contributed by atoms with Gasteiger partial charge >= 0.3 is 5.69 Å². The van der Waals surface area contributed by atoms with Gasteiger partial charge in [0.15, 0.2) is 5.75 Å². The highest BCUT2D eigenvalue weighted by atomic mass is 16.6. The van der Waals surface area contributed by atoms with Gasteiger partial charge in [-0.1, -0.05) is 0 Å². The molecular weight excluding hydrogens is 344 g/mol. The second-order valence-electron chi connectivity index (χ2n) is 8.17. The van der Waals surface area contributed by atoms with E-state index in [2.05, 4.69) is 21.7 Å². The Morgan fingerprint density at radius 1 is 1.04 bits per heavy atom. The third-order valence-corrected chi connectivity index (χ3v) is 6.40. The number of piperidine rings is 1. The lowest BCUT2D eigenvalue weighted by atomic mass is 9.99. The van der Waals surface area contributed by atoms with Gasteiger partial charge in [0, 0.05) is 63.1 Å². The summed E-state index contributed by atoms with van der Waals surface area (Å²) < 4.78 is 5.34. The number of nitrogens with zero attached hydrogens (tertiary/aromatic N) is 4. The first kappa shape index (κ1) is 18.5. The first-order chi connectivity index (χ1) is 13.1. The van der Waals surface area contributed by atoms with Crippen LogP contribution >= 0.6 is 0 Å². The summed E-state index contributed by atoms with van der Waals surface area (Å²) in [5.74, 6) is 0.848. The van der Waals surface area contributed by atoms with Gasteiger partial charge < -0.3 is 14.5 Å². The van der Waals surface area contributed by atoms with Gasteiger partial charge in [0.2, 0.25) is 0 Å². The van der Waals surface area contributed by atoms with E-state index in [4.69, 9.17) is 4.74 Å². The van der Waals surface area contributed by atoms with Crippen molar-refractivity contribution >= 4 is 11.4 Å². The Kier molecular flexibility index (Phi) is 5.23. The van der Waals surface area contributed by atoms with Crippen LogP contribution in [-0.2, 0) is 0 Å². The van der Waals surface area contributed by atoms with Crippen LogP contribution in [0, 0.1) is 10.1 Å². The van der Waals surface area contributed by atoms with Crippen LogP contribution in [0.1, 0.15) is 37.2 Å². The maximum absolute atomic E-state index is 11.4. The van der Waals surface area contributed by atoms with E-state index in [-0.39, 0.29) is 10.6 Å². The van der Waals surface area contributed by atoms with Gasteiger partial charge in [-0.3, -0.25) is 15.0 Å². The second kappa shape index (κ2) is 7.64. The predicted molar refractivity (Wildman–Crippen MR) is 106 cm³/mol. The Labute approximate surface area is 161 Å². The number of nitro benzene ring substituents is 1. The number of hydrogen-bond donors (Lipinski definition) is 0. The lowest BCUT2D eigenvalue weighted by Gasteiger charge is -2.43. The number of likely N-dealkylation sites (N-methyl/N-ethyl adjacent to an activating group) is 1.